The summed E-state index contributed by atoms with van der Waals surface area (Å²) in [5.74, 6) is 0. The molecule has 0 saturated heterocycles. The van der Waals surface area contributed by atoms with E-state index >= 15 is 0 Å². The van der Waals surface area contributed by atoms with Gasteiger partial charge in [-0.3, -0.25) is 4.98 Å². The predicted molar refractivity (Wildman–Crippen MR) is 73.4 cm³/mol. The molecule has 1 nitrogen and oxygen atoms in total. The molecule has 0 saturated carbocycles. The van der Waals surface area contributed by atoms with Crippen LogP contribution in [0, 0.1) is 0 Å². The number of aryl methyl sites for hydroxylation is 1. The highest BCUT2D eigenvalue weighted by molar-refractivity contribution is 9.08. The van der Waals surface area contributed by atoms with Crippen molar-refractivity contribution in [3.63, 3.8) is 0 Å². The normalized spacial score (nSPS) is 12.0. The summed E-state index contributed by atoms with van der Waals surface area (Å²) >= 11 is 3.34. The maximum absolute atomic E-state index is 12.2. The molecule has 0 aliphatic heterocycles. The molecule has 2 rings (SSSR count). The van der Waals surface area contributed by atoms with E-state index in [1.54, 1.807) is 6.20 Å². The summed E-state index contributed by atoms with van der Waals surface area (Å²) < 4.78 is 36.7. The molecule has 0 spiro atoms. The lowest BCUT2D eigenvalue weighted by Gasteiger charge is -2.11. The number of halogens is 4. The van der Waals surface area contributed by atoms with E-state index in [-0.39, 0.29) is 6.42 Å². The number of benzene rings is 1. The second kappa shape index (κ2) is 5.90. The number of aromatic nitrogens is 1. The Hall–Kier alpha value is -1.10. The Morgan fingerprint density at radius 2 is 1.89 bits per heavy atom. The minimum Gasteiger partial charge on any atom is -0.259 e. The highest BCUT2D eigenvalue weighted by Crippen LogP contribution is 2.27. The van der Waals surface area contributed by atoms with Crippen molar-refractivity contribution in [2.24, 2.45) is 0 Å². The molecule has 0 fully saturated rings. The molecule has 102 valence electrons. The van der Waals surface area contributed by atoms with Crippen LogP contribution < -0.4 is 0 Å². The number of hydrogen-bond donors (Lipinski definition) is 0. The van der Waals surface area contributed by atoms with Crippen LogP contribution in [-0.2, 0) is 11.8 Å². The Labute approximate surface area is 118 Å². The number of pyridine rings is 1. The Bertz CT molecular complexity index is 566. The predicted octanol–water partition coefficient (Wildman–Crippen LogP) is 5.01. The van der Waals surface area contributed by atoms with Gasteiger partial charge in [-0.2, -0.15) is 13.2 Å². The van der Waals surface area contributed by atoms with Crippen molar-refractivity contribution in [2.45, 2.75) is 30.8 Å². The average molecular weight is 332 g/mol. The molecule has 1 aromatic heterocycles. The van der Waals surface area contributed by atoms with Crippen LogP contribution in [0.4, 0.5) is 13.2 Å². The SMILES string of the molecule is FC(F)(F)CCCc1c(CBr)ncc2ccccc12. The van der Waals surface area contributed by atoms with Gasteiger partial charge in [-0.1, -0.05) is 40.2 Å². The summed E-state index contributed by atoms with van der Waals surface area (Å²) in [7, 11) is 0. The molecule has 5 heteroatoms. The maximum atomic E-state index is 12.2. The summed E-state index contributed by atoms with van der Waals surface area (Å²) in [5, 5.41) is 2.52. The second-order valence-electron chi connectivity index (χ2n) is 4.37. The zero-order valence-corrected chi connectivity index (χ0v) is 11.8. The van der Waals surface area contributed by atoms with Crippen LogP contribution in [0.5, 0.6) is 0 Å². The quantitative estimate of drug-likeness (QED) is 0.717. The van der Waals surface area contributed by atoms with Crippen molar-refractivity contribution in [1.82, 2.24) is 4.98 Å². The molecule has 0 bridgehead atoms. The second-order valence-corrected chi connectivity index (χ2v) is 4.93. The third-order valence-corrected chi connectivity index (χ3v) is 3.54. The summed E-state index contributed by atoms with van der Waals surface area (Å²) in [4.78, 5) is 4.31. The summed E-state index contributed by atoms with van der Waals surface area (Å²) in [5.41, 5.74) is 1.74. The van der Waals surface area contributed by atoms with Crippen molar-refractivity contribution in [3.8, 4) is 0 Å². The van der Waals surface area contributed by atoms with Gasteiger partial charge in [-0.05, 0) is 23.8 Å². The van der Waals surface area contributed by atoms with Crippen molar-refractivity contribution in [3.05, 3.63) is 41.7 Å². The summed E-state index contributed by atoms with van der Waals surface area (Å²) in [6.45, 7) is 0. The molecule has 1 aromatic carbocycles. The number of nitrogens with zero attached hydrogens (tertiary/aromatic N) is 1. The molecule has 0 amide bonds. The van der Waals surface area contributed by atoms with Gasteiger partial charge in [0.1, 0.15) is 0 Å². The Balaban J connectivity index is 2.29. The van der Waals surface area contributed by atoms with Gasteiger partial charge in [0.2, 0.25) is 0 Å². The van der Waals surface area contributed by atoms with Crippen LogP contribution in [0.25, 0.3) is 10.8 Å². The highest BCUT2D eigenvalue weighted by Gasteiger charge is 2.26. The number of alkyl halides is 4. The fourth-order valence-electron chi connectivity index (χ4n) is 2.12. The van der Waals surface area contributed by atoms with Gasteiger partial charge >= 0.3 is 6.18 Å². The van der Waals surface area contributed by atoms with E-state index in [9.17, 15) is 13.2 Å². The molecule has 19 heavy (non-hydrogen) atoms. The average Bonchev–Trinajstić information content (AvgIpc) is 2.37. The van der Waals surface area contributed by atoms with Gasteiger partial charge in [0.15, 0.2) is 0 Å². The molecule has 0 unspecified atom stereocenters. The van der Waals surface area contributed by atoms with Crippen LogP contribution in [-0.4, -0.2) is 11.2 Å². The minimum absolute atomic E-state index is 0.0964. The molecule has 0 aliphatic rings. The molecule has 0 atom stereocenters. The van der Waals surface area contributed by atoms with Gasteiger partial charge in [0, 0.05) is 23.3 Å². The lowest BCUT2D eigenvalue weighted by molar-refractivity contribution is -0.135. The zero-order valence-electron chi connectivity index (χ0n) is 10.2. The van der Waals surface area contributed by atoms with E-state index in [1.807, 2.05) is 24.3 Å². The molecule has 2 aromatic rings. The number of rotatable bonds is 4. The largest absolute Gasteiger partial charge is 0.389 e. The van der Waals surface area contributed by atoms with E-state index in [0.717, 1.165) is 22.0 Å². The molecular formula is C14H13BrF3N. The van der Waals surface area contributed by atoms with Crippen LogP contribution in [0.3, 0.4) is 0 Å². The van der Waals surface area contributed by atoms with E-state index in [2.05, 4.69) is 20.9 Å². The lowest BCUT2D eigenvalue weighted by atomic mass is 10.00. The smallest absolute Gasteiger partial charge is 0.259 e. The topological polar surface area (TPSA) is 12.9 Å². The molecule has 1 heterocycles. The van der Waals surface area contributed by atoms with Gasteiger partial charge < -0.3 is 0 Å². The van der Waals surface area contributed by atoms with Crippen LogP contribution in [0.15, 0.2) is 30.5 Å². The first kappa shape index (κ1) is 14.3. The lowest BCUT2D eigenvalue weighted by Crippen LogP contribution is -2.08. The fourth-order valence-corrected chi connectivity index (χ4v) is 2.61. The van der Waals surface area contributed by atoms with Gasteiger partial charge in [-0.25, -0.2) is 0 Å². The van der Waals surface area contributed by atoms with Gasteiger partial charge in [0.25, 0.3) is 0 Å². The first-order chi connectivity index (χ1) is 9.01. The van der Waals surface area contributed by atoms with E-state index in [0.29, 0.717) is 11.8 Å². The zero-order chi connectivity index (χ0) is 13.9. The molecule has 0 aliphatic carbocycles. The van der Waals surface area contributed by atoms with Crippen molar-refractivity contribution < 1.29 is 13.2 Å². The maximum Gasteiger partial charge on any atom is 0.389 e. The summed E-state index contributed by atoms with van der Waals surface area (Å²) in [6, 6.07) is 7.66. The van der Waals surface area contributed by atoms with Gasteiger partial charge in [0.05, 0.1) is 5.69 Å². The molecular weight excluding hydrogens is 319 g/mol. The Morgan fingerprint density at radius 3 is 2.58 bits per heavy atom. The van der Waals surface area contributed by atoms with Gasteiger partial charge in [-0.15, -0.1) is 0 Å². The molecule has 0 N–H and O–H groups in total. The molecule has 0 radical (unpaired) electrons. The van der Waals surface area contributed by atoms with Crippen LogP contribution in [0.1, 0.15) is 24.1 Å². The van der Waals surface area contributed by atoms with Crippen molar-refractivity contribution in [1.29, 1.82) is 0 Å². The number of hydrogen-bond acceptors (Lipinski definition) is 1. The Morgan fingerprint density at radius 1 is 1.16 bits per heavy atom. The van der Waals surface area contributed by atoms with E-state index < -0.39 is 12.6 Å². The van der Waals surface area contributed by atoms with E-state index in [1.165, 1.54) is 0 Å². The third-order valence-electron chi connectivity index (χ3n) is 3.01. The highest BCUT2D eigenvalue weighted by atomic mass is 79.9. The summed E-state index contributed by atoms with van der Waals surface area (Å²) in [6.07, 6.45) is -2.59. The first-order valence-corrected chi connectivity index (χ1v) is 7.11. The third kappa shape index (κ3) is 3.69. The first-order valence-electron chi connectivity index (χ1n) is 5.99. The van der Waals surface area contributed by atoms with Crippen LogP contribution in [0.2, 0.25) is 0 Å². The monoisotopic (exact) mass is 331 g/mol. The van der Waals surface area contributed by atoms with E-state index in [4.69, 9.17) is 0 Å². The van der Waals surface area contributed by atoms with Crippen molar-refractivity contribution in [2.75, 3.05) is 0 Å². The minimum atomic E-state index is -4.09. The van der Waals surface area contributed by atoms with Crippen molar-refractivity contribution >= 4 is 26.7 Å². The number of fused-ring (bicyclic) bond motifs is 1. The fraction of sp³-hybridized carbons (Fsp3) is 0.357. The standard InChI is InChI=1S/C14H13BrF3N/c15-8-13-12(6-3-7-14(16,17)18)11-5-2-1-4-10(11)9-19-13/h1-2,4-5,9H,3,6-8H2. The van der Waals surface area contributed by atoms with Crippen LogP contribution >= 0.6 is 15.9 Å². The Kier molecular flexibility index (Phi) is 4.45.